The quantitative estimate of drug-likeness (QED) is 0.756. The van der Waals surface area contributed by atoms with E-state index in [-0.39, 0.29) is 17.2 Å². The van der Waals surface area contributed by atoms with Crippen LogP contribution in [-0.2, 0) is 10.7 Å². The molecule has 0 aliphatic rings. The zero-order valence-electron chi connectivity index (χ0n) is 14.2. The fourth-order valence-corrected chi connectivity index (χ4v) is 5.74. The van der Waals surface area contributed by atoms with Crippen LogP contribution in [0.5, 0.6) is 0 Å². The lowest BCUT2D eigenvalue weighted by Gasteiger charge is -2.19. The number of nitrogen functional groups attached to an aromatic ring is 1. The summed E-state index contributed by atoms with van der Waals surface area (Å²) >= 11 is 0. The Bertz CT molecular complexity index is 783. The molecule has 0 aliphatic heterocycles. The van der Waals surface area contributed by atoms with Crippen molar-refractivity contribution >= 4 is 18.4 Å². The minimum Gasteiger partial charge on any atom is -0.368 e. The third-order valence-corrected chi connectivity index (χ3v) is 7.43. The van der Waals surface area contributed by atoms with Crippen molar-refractivity contribution in [3.05, 3.63) is 36.0 Å². The Hall–Kier alpha value is -1.88. The summed E-state index contributed by atoms with van der Waals surface area (Å²) in [4.78, 5) is 7.24. The number of aromatic nitrogens is 2. The molecular weight excluding hydrogens is 350 g/mol. The first-order chi connectivity index (χ1) is 11.7. The van der Waals surface area contributed by atoms with Gasteiger partial charge in [-0.15, -0.1) is 0 Å². The molecule has 0 radical (unpaired) electrons. The maximum absolute atomic E-state index is 13.3. The van der Waals surface area contributed by atoms with Crippen LogP contribution in [0.3, 0.4) is 0 Å². The molecule has 0 bridgehead atoms. The van der Waals surface area contributed by atoms with Crippen LogP contribution in [0.25, 0.3) is 11.3 Å². The Kier molecular flexibility index (Phi) is 5.88. The van der Waals surface area contributed by atoms with E-state index < -0.39 is 18.9 Å². The second kappa shape index (κ2) is 7.56. The molecule has 1 aromatic carbocycles. The van der Waals surface area contributed by atoms with Crippen molar-refractivity contribution in [3.8, 4) is 11.3 Å². The summed E-state index contributed by atoms with van der Waals surface area (Å²) in [5.41, 5.74) is 4.48. The van der Waals surface area contributed by atoms with E-state index in [1.165, 1.54) is 6.07 Å². The first kappa shape index (κ1) is 19.4. The number of rotatable bonds is 6. The van der Waals surface area contributed by atoms with E-state index in [2.05, 4.69) is 9.97 Å². The third kappa shape index (κ3) is 4.40. The standard InChI is InChI=1S/C17H21F3N3OP/c1-3-8-25(24,9-4-2)13-7-5-6-12(10-13)15-14(17(18,19)20)11-22-16(21)23-15/h5-7,10-11H,3-4,8-9H2,1-2H3,(H2,21,22,23). The molecule has 4 nitrogen and oxygen atoms in total. The number of hydrogen-bond acceptors (Lipinski definition) is 4. The summed E-state index contributed by atoms with van der Waals surface area (Å²) < 4.78 is 53.1. The number of benzene rings is 1. The highest BCUT2D eigenvalue weighted by Crippen LogP contribution is 2.46. The molecule has 0 fully saturated rings. The van der Waals surface area contributed by atoms with E-state index in [1.54, 1.807) is 18.2 Å². The fraction of sp³-hybridized carbons (Fsp3) is 0.412. The van der Waals surface area contributed by atoms with Gasteiger partial charge in [0.25, 0.3) is 0 Å². The number of halogens is 3. The molecule has 1 heterocycles. The molecule has 0 amide bonds. The van der Waals surface area contributed by atoms with E-state index in [9.17, 15) is 17.7 Å². The van der Waals surface area contributed by atoms with Crippen LogP contribution in [0.1, 0.15) is 32.3 Å². The molecule has 25 heavy (non-hydrogen) atoms. The SMILES string of the molecule is CCCP(=O)(CCC)c1cccc(-c2nc(N)ncc2C(F)(F)F)c1. The third-order valence-electron chi connectivity index (χ3n) is 3.87. The highest BCUT2D eigenvalue weighted by atomic mass is 31.2. The van der Waals surface area contributed by atoms with Gasteiger partial charge in [-0.25, -0.2) is 9.97 Å². The Balaban J connectivity index is 2.60. The average Bonchev–Trinajstić information content (AvgIpc) is 2.54. The molecule has 2 aromatic rings. The van der Waals surface area contributed by atoms with E-state index in [0.717, 1.165) is 12.8 Å². The predicted molar refractivity (Wildman–Crippen MR) is 94.4 cm³/mol. The van der Waals surface area contributed by atoms with Crippen LogP contribution in [0, 0.1) is 0 Å². The van der Waals surface area contributed by atoms with Crippen molar-refractivity contribution < 1.29 is 17.7 Å². The normalized spacial score (nSPS) is 12.4. The van der Waals surface area contributed by atoms with Gasteiger partial charge in [-0.2, -0.15) is 13.2 Å². The van der Waals surface area contributed by atoms with Crippen molar-refractivity contribution in [2.75, 3.05) is 18.1 Å². The Morgan fingerprint density at radius 1 is 1.16 bits per heavy atom. The van der Waals surface area contributed by atoms with E-state index in [4.69, 9.17) is 5.73 Å². The molecule has 136 valence electrons. The molecule has 1 aromatic heterocycles. The van der Waals surface area contributed by atoms with Crippen LogP contribution < -0.4 is 11.0 Å². The second-order valence-corrected chi connectivity index (χ2v) is 9.06. The molecule has 0 unspecified atom stereocenters. The van der Waals surface area contributed by atoms with Gasteiger partial charge in [0.05, 0.1) is 5.69 Å². The fourth-order valence-electron chi connectivity index (χ4n) is 2.82. The lowest BCUT2D eigenvalue weighted by atomic mass is 10.1. The molecule has 0 atom stereocenters. The number of nitrogens with zero attached hydrogens (tertiary/aromatic N) is 2. The molecule has 0 saturated carbocycles. The van der Waals surface area contributed by atoms with Gasteiger partial charge in [-0.3, -0.25) is 0 Å². The average molecular weight is 371 g/mol. The number of anilines is 1. The van der Waals surface area contributed by atoms with E-state index in [0.29, 0.717) is 23.8 Å². The largest absolute Gasteiger partial charge is 0.419 e. The Morgan fingerprint density at radius 3 is 2.36 bits per heavy atom. The van der Waals surface area contributed by atoms with Crippen LogP contribution in [0.15, 0.2) is 30.5 Å². The highest BCUT2D eigenvalue weighted by Gasteiger charge is 2.35. The summed E-state index contributed by atoms with van der Waals surface area (Å²) in [6, 6.07) is 6.39. The maximum atomic E-state index is 13.3. The number of nitrogens with two attached hydrogens (primary N) is 1. The summed E-state index contributed by atoms with van der Waals surface area (Å²) in [7, 11) is -2.64. The minimum atomic E-state index is -4.60. The summed E-state index contributed by atoms with van der Waals surface area (Å²) in [6.07, 6.45) is -1.37. The molecule has 0 aliphatic carbocycles. The zero-order valence-corrected chi connectivity index (χ0v) is 15.1. The van der Waals surface area contributed by atoms with Gasteiger partial charge in [-0.05, 0) is 18.9 Å². The van der Waals surface area contributed by atoms with Crippen molar-refractivity contribution in [2.45, 2.75) is 32.9 Å². The monoisotopic (exact) mass is 371 g/mol. The van der Waals surface area contributed by atoms with E-state index in [1.807, 2.05) is 13.8 Å². The molecule has 8 heteroatoms. The topological polar surface area (TPSA) is 68.9 Å². The van der Waals surface area contributed by atoms with Gasteiger partial charge in [0.15, 0.2) is 0 Å². The number of alkyl halides is 3. The smallest absolute Gasteiger partial charge is 0.368 e. The van der Waals surface area contributed by atoms with Crippen molar-refractivity contribution in [1.82, 2.24) is 9.97 Å². The number of hydrogen-bond donors (Lipinski definition) is 1. The summed E-state index contributed by atoms with van der Waals surface area (Å²) in [6.45, 7) is 3.89. The van der Waals surface area contributed by atoms with Gasteiger partial charge in [0.1, 0.15) is 12.7 Å². The van der Waals surface area contributed by atoms with Crippen LogP contribution in [0.2, 0.25) is 0 Å². The highest BCUT2D eigenvalue weighted by molar-refractivity contribution is 7.71. The van der Waals surface area contributed by atoms with Crippen LogP contribution >= 0.6 is 7.14 Å². The summed E-state index contributed by atoms with van der Waals surface area (Å²) in [5, 5.41) is 0.582. The summed E-state index contributed by atoms with van der Waals surface area (Å²) in [5.74, 6) is -0.237. The molecule has 0 saturated heterocycles. The second-order valence-electron chi connectivity index (χ2n) is 5.88. The predicted octanol–water partition coefficient (Wildman–Crippen LogP) is 4.55. The van der Waals surface area contributed by atoms with Gasteiger partial charge in [-0.1, -0.05) is 32.0 Å². The molecule has 0 spiro atoms. The van der Waals surface area contributed by atoms with Crippen LogP contribution in [-0.4, -0.2) is 22.3 Å². The van der Waals surface area contributed by atoms with E-state index >= 15 is 0 Å². The molecular formula is C17H21F3N3OP. The molecule has 2 rings (SSSR count). The minimum absolute atomic E-state index is 0.237. The van der Waals surface area contributed by atoms with Crippen molar-refractivity contribution in [1.29, 1.82) is 0 Å². The first-order valence-electron chi connectivity index (χ1n) is 8.10. The van der Waals surface area contributed by atoms with Gasteiger partial charge in [0.2, 0.25) is 5.95 Å². The Morgan fingerprint density at radius 2 is 1.80 bits per heavy atom. The van der Waals surface area contributed by atoms with Crippen LogP contribution in [0.4, 0.5) is 19.1 Å². The lowest BCUT2D eigenvalue weighted by Crippen LogP contribution is -2.13. The molecule has 2 N–H and O–H groups in total. The lowest BCUT2D eigenvalue weighted by molar-refractivity contribution is -0.137. The zero-order chi connectivity index (χ0) is 18.7. The van der Waals surface area contributed by atoms with Gasteiger partial charge < -0.3 is 10.3 Å². The van der Waals surface area contributed by atoms with Crippen molar-refractivity contribution in [3.63, 3.8) is 0 Å². The van der Waals surface area contributed by atoms with Crippen molar-refractivity contribution in [2.24, 2.45) is 0 Å². The Labute approximate surface area is 145 Å². The first-order valence-corrected chi connectivity index (χ1v) is 10.2. The maximum Gasteiger partial charge on any atom is 0.419 e. The van der Waals surface area contributed by atoms with Gasteiger partial charge >= 0.3 is 6.18 Å². The van der Waals surface area contributed by atoms with Gasteiger partial charge in [0, 0.05) is 29.4 Å².